The number of carbonyl (C=O) groups is 1. The van der Waals surface area contributed by atoms with Gasteiger partial charge in [0.15, 0.2) is 0 Å². The second-order valence-corrected chi connectivity index (χ2v) is 9.12. The van der Waals surface area contributed by atoms with Gasteiger partial charge in [0.1, 0.15) is 0 Å². The zero-order chi connectivity index (χ0) is 18.0. The number of alkyl halides is 2. The summed E-state index contributed by atoms with van der Waals surface area (Å²) in [6, 6.07) is 12.1. The number of carbonyl (C=O) groups excluding carboxylic acids is 1. The Labute approximate surface area is 145 Å². The summed E-state index contributed by atoms with van der Waals surface area (Å²) in [6.07, 6.45) is 0. The first kappa shape index (κ1) is 18.6. The molecule has 0 saturated heterocycles. The molecule has 0 saturated carbocycles. The summed E-state index contributed by atoms with van der Waals surface area (Å²) in [4.78, 5) is 11.1. The molecule has 0 aromatic heterocycles. The Morgan fingerprint density at radius 2 is 1.50 bits per heavy atom. The molecule has 0 aliphatic carbocycles. The van der Waals surface area contributed by atoms with Crippen molar-refractivity contribution in [1.29, 1.82) is 0 Å². The molecule has 1 N–H and O–H groups in total. The standard InChI is InChI=1S/C14H10F2O6STe/c15-14(16,23(19,20)21)13(18)22-10-3-7-12(8-4-10)24-11-5-1-9(17)2-6-11/h1-8,17H,(H,19,20,21)/p-1. The number of benzene rings is 2. The molecule has 0 radical (unpaired) electrons. The Morgan fingerprint density at radius 3 is 1.96 bits per heavy atom. The van der Waals surface area contributed by atoms with E-state index in [1.54, 1.807) is 36.4 Å². The zero-order valence-corrected chi connectivity index (χ0v) is 14.8. The van der Waals surface area contributed by atoms with E-state index in [-0.39, 0.29) is 11.5 Å². The van der Waals surface area contributed by atoms with Crippen molar-refractivity contribution < 1.29 is 36.4 Å². The maximum atomic E-state index is 13.0. The number of rotatable bonds is 5. The Bertz CT molecular complexity index is 835. The molecule has 0 unspecified atom stereocenters. The molecular formula is C14H9F2O6STe-. The summed E-state index contributed by atoms with van der Waals surface area (Å²) in [5.41, 5.74) is 0. The predicted molar refractivity (Wildman–Crippen MR) is 79.9 cm³/mol. The normalized spacial score (nSPS) is 12.0. The molecule has 128 valence electrons. The average molecular weight is 471 g/mol. The summed E-state index contributed by atoms with van der Waals surface area (Å²) in [5, 5.41) is 4.06. The number of phenols is 1. The van der Waals surface area contributed by atoms with Gasteiger partial charge in [-0.1, -0.05) is 0 Å². The van der Waals surface area contributed by atoms with E-state index < -0.39 is 42.3 Å². The summed E-state index contributed by atoms with van der Waals surface area (Å²) >= 11 is -0.801. The van der Waals surface area contributed by atoms with Gasteiger partial charge >= 0.3 is 146 Å². The minimum atomic E-state index is -6.15. The predicted octanol–water partition coefficient (Wildman–Crippen LogP) is 0.0906. The topological polar surface area (TPSA) is 104 Å². The number of phenolic OH excluding ortho intramolecular Hbond substituents is 1. The summed E-state index contributed by atoms with van der Waals surface area (Å²) < 4.78 is 63.2. The van der Waals surface area contributed by atoms with Gasteiger partial charge in [-0.05, 0) is 0 Å². The first-order valence-corrected chi connectivity index (χ1v) is 9.96. The maximum absolute atomic E-state index is 13.0. The van der Waals surface area contributed by atoms with Gasteiger partial charge in [-0.2, -0.15) is 0 Å². The average Bonchev–Trinajstić information content (AvgIpc) is 2.50. The third-order valence-electron chi connectivity index (χ3n) is 2.66. The van der Waals surface area contributed by atoms with Crippen molar-refractivity contribution in [3.63, 3.8) is 0 Å². The van der Waals surface area contributed by atoms with Crippen LogP contribution in [0.5, 0.6) is 11.5 Å². The molecule has 2 aromatic carbocycles. The molecule has 2 rings (SSSR count). The van der Waals surface area contributed by atoms with Gasteiger partial charge in [0.25, 0.3) is 0 Å². The van der Waals surface area contributed by atoms with Gasteiger partial charge in [-0.25, -0.2) is 0 Å². The Morgan fingerprint density at radius 1 is 1.04 bits per heavy atom. The van der Waals surface area contributed by atoms with Crippen molar-refractivity contribution in [3.05, 3.63) is 48.5 Å². The fourth-order valence-corrected chi connectivity index (χ4v) is 4.07. The number of hydrogen-bond acceptors (Lipinski definition) is 6. The monoisotopic (exact) mass is 473 g/mol. The van der Waals surface area contributed by atoms with Gasteiger partial charge in [0, 0.05) is 0 Å². The molecular weight excluding hydrogens is 462 g/mol. The Balaban J connectivity index is 2.07. The Hall–Kier alpha value is -1.73. The molecule has 24 heavy (non-hydrogen) atoms. The number of esters is 1. The molecule has 0 fully saturated rings. The molecule has 0 atom stereocenters. The van der Waals surface area contributed by atoms with E-state index in [9.17, 15) is 31.7 Å². The van der Waals surface area contributed by atoms with Crippen LogP contribution in [0.15, 0.2) is 48.5 Å². The first-order chi connectivity index (χ1) is 11.1. The quantitative estimate of drug-likeness (QED) is 0.287. The second kappa shape index (κ2) is 7.03. The third-order valence-corrected chi connectivity index (χ3v) is 6.35. The van der Waals surface area contributed by atoms with Crippen LogP contribution in [0.4, 0.5) is 8.78 Å². The molecule has 0 aliphatic rings. The molecule has 2 aromatic rings. The fourth-order valence-electron chi connectivity index (χ4n) is 1.49. The van der Waals surface area contributed by atoms with Gasteiger partial charge in [-0.3, -0.25) is 0 Å². The summed E-state index contributed by atoms with van der Waals surface area (Å²) in [5.74, 6) is -2.60. The molecule has 0 aliphatic heterocycles. The van der Waals surface area contributed by atoms with Gasteiger partial charge < -0.3 is 0 Å². The van der Waals surface area contributed by atoms with Crippen LogP contribution in [0.2, 0.25) is 0 Å². The van der Waals surface area contributed by atoms with Crippen LogP contribution >= 0.6 is 0 Å². The number of hydrogen-bond donors (Lipinski definition) is 1. The van der Waals surface area contributed by atoms with Crippen molar-refractivity contribution in [2.24, 2.45) is 0 Å². The number of ether oxygens (including phenoxy) is 1. The van der Waals surface area contributed by atoms with Crippen molar-refractivity contribution in [2.45, 2.75) is 5.25 Å². The molecule has 0 spiro atoms. The van der Waals surface area contributed by atoms with E-state index in [2.05, 4.69) is 4.74 Å². The first-order valence-electron chi connectivity index (χ1n) is 6.22. The van der Waals surface area contributed by atoms with E-state index >= 15 is 0 Å². The SMILES string of the molecule is O=C(Oc1ccc([Te]c2ccc(O)cc2)cc1)C(F)(F)S(=O)(=O)[O-]. The van der Waals surface area contributed by atoms with Crippen LogP contribution in [-0.2, 0) is 14.9 Å². The molecule has 6 nitrogen and oxygen atoms in total. The van der Waals surface area contributed by atoms with E-state index in [0.29, 0.717) is 0 Å². The fraction of sp³-hybridized carbons (Fsp3) is 0.0714. The van der Waals surface area contributed by atoms with Crippen molar-refractivity contribution in [1.82, 2.24) is 0 Å². The van der Waals surface area contributed by atoms with Crippen LogP contribution in [0.25, 0.3) is 0 Å². The van der Waals surface area contributed by atoms with E-state index in [4.69, 9.17) is 0 Å². The van der Waals surface area contributed by atoms with Crippen LogP contribution in [-0.4, -0.2) is 50.2 Å². The van der Waals surface area contributed by atoms with Crippen LogP contribution in [0, 0.1) is 0 Å². The van der Waals surface area contributed by atoms with Crippen LogP contribution in [0.3, 0.4) is 0 Å². The van der Waals surface area contributed by atoms with Crippen LogP contribution < -0.4 is 12.0 Å². The van der Waals surface area contributed by atoms with Crippen molar-refractivity contribution in [3.8, 4) is 11.5 Å². The van der Waals surface area contributed by atoms with Gasteiger partial charge in [-0.15, -0.1) is 0 Å². The van der Waals surface area contributed by atoms with Gasteiger partial charge in [0.2, 0.25) is 0 Å². The third kappa shape index (κ3) is 4.42. The van der Waals surface area contributed by atoms with E-state index in [0.717, 1.165) is 7.22 Å². The summed E-state index contributed by atoms with van der Waals surface area (Å²) in [7, 11) is -6.15. The molecule has 10 heteroatoms. The number of halogens is 2. The zero-order valence-electron chi connectivity index (χ0n) is 11.7. The molecule has 0 amide bonds. The molecule has 0 bridgehead atoms. The number of aromatic hydroxyl groups is 1. The van der Waals surface area contributed by atoms with Gasteiger partial charge in [0.05, 0.1) is 0 Å². The van der Waals surface area contributed by atoms with Crippen molar-refractivity contribution in [2.75, 3.05) is 0 Å². The Kier molecular flexibility index (Phi) is 5.45. The van der Waals surface area contributed by atoms with E-state index in [1.807, 2.05) is 0 Å². The van der Waals surface area contributed by atoms with E-state index in [1.165, 1.54) is 12.1 Å². The van der Waals surface area contributed by atoms with Crippen molar-refractivity contribution >= 4 is 44.2 Å². The second-order valence-electron chi connectivity index (χ2n) is 4.43. The molecule has 0 heterocycles. The van der Waals surface area contributed by atoms with Crippen LogP contribution in [0.1, 0.15) is 0 Å². The summed E-state index contributed by atoms with van der Waals surface area (Å²) in [6.45, 7) is 0. The minimum absolute atomic E-state index is 0.141.